The molecule has 5 aromatic rings. The molecule has 0 aliphatic rings. The number of nitrogens with zero attached hydrogens (tertiary/aromatic N) is 4. The second kappa shape index (κ2) is 18.0. The summed E-state index contributed by atoms with van der Waals surface area (Å²) < 4.78 is 0. The molecule has 0 unspecified atom stereocenters. The highest BCUT2D eigenvalue weighted by Crippen LogP contribution is 2.25. The van der Waals surface area contributed by atoms with Crippen molar-refractivity contribution in [1.29, 1.82) is 0 Å². The van der Waals surface area contributed by atoms with E-state index in [4.69, 9.17) is 5.73 Å². The van der Waals surface area contributed by atoms with Crippen LogP contribution in [0.2, 0.25) is 0 Å². The van der Waals surface area contributed by atoms with E-state index in [9.17, 15) is 29.1 Å². The van der Waals surface area contributed by atoms with Crippen LogP contribution in [-0.4, -0.2) is 61.3 Å². The van der Waals surface area contributed by atoms with Gasteiger partial charge in [-0.2, -0.15) is 4.98 Å². The number of aromatic amines is 1. The topological polar surface area (TPSA) is 225 Å². The molecule has 7 N–H and O–H groups in total. The molecule has 278 valence electrons. The minimum Gasteiger partial charge on any atom is -0.480 e. The molecule has 0 saturated carbocycles. The number of benzene rings is 3. The number of carbonyl (C=O) groups excluding carboxylic acids is 3. The van der Waals surface area contributed by atoms with Gasteiger partial charge in [-0.3, -0.25) is 24.2 Å². The van der Waals surface area contributed by atoms with Crippen molar-refractivity contribution in [3.05, 3.63) is 124 Å². The Bertz CT molecular complexity index is 2220. The van der Waals surface area contributed by atoms with Crippen molar-refractivity contribution < 1.29 is 24.3 Å². The van der Waals surface area contributed by atoms with Gasteiger partial charge in [0, 0.05) is 30.6 Å². The van der Waals surface area contributed by atoms with Crippen molar-refractivity contribution in [2.75, 3.05) is 22.5 Å². The number of nitrogens with one attached hydrogen (secondary N) is 4. The molecule has 0 bridgehead atoms. The predicted octanol–water partition coefficient (Wildman–Crippen LogP) is 3.82. The number of fused-ring (bicyclic) bond motifs is 1. The van der Waals surface area contributed by atoms with E-state index in [1.165, 1.54) is 18.3 Å². The van der Waals surface area contributed by atoms with E-state index < -0.39 is 29.4 Å². The zero-order valence-corrected chi connectivity index (χ0v) is 29.7. The van der Waals surface area contributed by atoms with Crippen LogP contribution in [0.25, 0.3) is 17.2 Å². The number of nitrogens with two attached hydrogens (primary N) is 1. The van der Waals surface area contributed by atoms with E-state index in [0.717, 1.165) is 23.1 Å². The second-order valence-electron chi connectivity index (χ2n) is 12.3. The van der Waals surface area contributed by atoms with E-state index in [1.54, 1.807) is 23.1 Å². The van der Waals surface area contributed by atoms with Gasteiger partial charge < -0.3 is 31.7 Å². The first-order chi connectivity index (χ1) is 26.1. The van der Waals surface area contributed by atoms with Gasteiger partial charge in [0.1, 0.15) is 6.04 Å². The molecular formula is C39H41N9O6. The van der Waals surface area contributed by atoms with E-state index in [2.05, 4.69) is 49.4 Å². The summed E-state index contributed by atoms with van der Waals surface area (Å²) in [6.45, 7) is 6.55. The number of carboxylic acid groups (broad SMARTS) is 1. The molecule has 5 rings (SSSR count). The van der Waals surface area contributed by atoms with Gasteiger partial charge in [-0.1, -0.05) is 62.0 Å². The van der Waals surface area contributed by atoms with Gasteiger partial charge in [0.2, 0.25) is 17.8 Å². The van der Waals surface area contributed by atoms with Gasteiger partial charge in [0.05, 0.1) is 30.7 Å². The number of aryl methyl sites for hydroxylation is 1. The van der Waals surface area contributed by atoms with Crippen LogP contribution >= 0.6 is 0 Å². The Hall–Kier alpha value is -6.90. The summed E-state index contributed by atoms with van der Waals surface area (Å²) in [6.07, 6.45) is 3.63. The number of H-pyrrole nitrogens is 1. The maximum absolute atomic E-state index is 13.6. The van der Waals surface area contributed by atoms with Crippen LogP contribution in [-0.2, 0) is 33.9 Å². The van der Waals surface area contributed by atoms with E-state index in [-0.39, 0.29) is 60.9 Å². The largest absolute Gasteiger partial charge is 0.480 e. The lowest BCUT2D eigenvalue weighted by Crippen LogP contribution is -2.41. The Morgan fingerprint density at radius 3 is 2.43 bits per heavy atom. The molecule has 0 fully saturated rings. The number of carboxylic acids is 1. The fraction of sp³-hybridized carbons (Fsp3) is 0.231. The maximum atomic E-state index is 13.6. The highest BCUT2D eigenvalue weighted by molar-refractivity contribution is 5.97. The SMILES string of the molecule is C=Cc1ccccc1N(Cc1ccccc1CC)C(=O)CCNC(=O)CC[C@H](NC(=O)c1ccc(NCc2cnc3nc(N)[nH]c(=O)c3n2)cc1)C(=O)O. The van der Waals surface area contributed by atoms with Crippen molar-refractivity contribution in [3.8, 4) is 0 Å². The molecular weight excluding hydrogens is 690 g/mol. The molecule has 0 radical (unpaired) electrons. The number of carbonyl (C=O) groups is 4. The molecule has 15 nitrogen and oxygen atoms in total. The fourth-order valence-corrected chi connectivity index (χ4v) is 5.74. The van der Waals surface area contributed by atoms with Crippen LogP contribution in [0.3, 0.4) is 0 Å². The number of aromatic nitrogens is 4. The summed E-state index contributed by atoms with van der Waals surface area (Å²) in [5.41, 5.74) is 10.2. The number of amides is 3. The molecule has 0 spiro atoms. The minimum atomic E-state index is -1.33. The lowest BCUT2D eigenvalue weighted by atomic mass is 10.0. The van der Waals surface area contributed by atoms with Crippen LogP contribution in [0.1, 0.15) is 58.9 Å². The van der Waals surface area contributed by atoms with E-state index >= 15 is 0 Å². The van der Waals surface area contributed by atoms with Crippen molar-refractivity contribution >= 4 is 58.3 Å². The monoisotopic (exact) mass is 731 g/mol. The molecule has 1 atom stereocenters. The average Bonchev–Trinajstić information content (AvgIpc) is 3.17. The Morgan fingerprint density at radius 1 is 0.981 bits per heavy atom. The number of hydrogen-bond donors (Lipinski definition) is 6. The van der Waals surface area contributed by atoms with Crippen LogP contribution in [0.15, 0.2) is 90.4 Å². The van der Waals surface area contributed by atoms with Crippen molar-refractivity contribution in [2.24, 2.45) is 0 Å². The molecule has 15 heteroatoms. The first-order valence-corrected chi connectivity index (χ1v) is 17.3. The van der Waals surface area contributed by atoms with Crippen LogP contribution < -0.4 is 32.1 Å². The molecule has 3 amide bonds. The highest BCUT2D eigenvalue weighted by Gasteiger charge is 2.23. The summed E-state index contributed by atoms with van der Waals surface area (Å²) in [5.74, 6) is -2.63. The number of hydrogen-bond acceptors (Lipinski definition) is 10. The molecule has 2 aromatic heterocycles. The lowest BCUT2D eigenvalue weighted by Gasteiger charge is -2.26. The number of anilines is 3. The highest BCUT2D eigenvalue weighted by atomic mass is 16.4. The van der Waals surface area contributed by atoms with Gasteiger partial charge in [-0.25, -0.2) is 14.8 Å². The molecule has 0 aliphatic carbocycles. The van der Waals surface area contributed by atoms with Crippen molar-refractivity contribution in [3.63, 3.8) is 0 Å². The zero-order valence-electron chi connectivity index (χ0n) is 29.7. The van der Waals surface area contributed by atoms with Gasteiger partial charge in [0.25, 0.3) is 11.5 Å². The van der Waals surface area contributed by atoms with Crippen LogP contribution in [0, 0.1) is 0 Å². The molecule has 3 aromatic carbocycles. The first-order valence-electron chi connectivity index (χ1n) is 17.3. The van der Waals surface area contributed by atoms with E-state index in [0.29, 0.717) is 23.6 Å². The molecule has 54 heavy (non-hydrogen) atoms. The normalized spacial score (nSPS) is 11.4. The second-order valence-corrected chi connectivity index (χ2v) is 12.3. The summed E-state index contributed by atoms with van der Waals surface area (Å²) in [5, 5.41) is 18.1. The first kappa shape index (κ1) is 38.3. The number of nitrogen functional groups attached to an aromatic ring is 1. The Balaban J connectivity index is 1.11. The Labute approximate surface area is 310 Å². The van der Waals surface area contributed by atoms with Gasteiger partial charge in [-0.05, 0) is 59.9 Å². The summed E-state index contributed by atoms with van der Waals surface area (Å²) in [7, 11) is 0. The number of rotatable bonds is 17. The van der Waals surface area contributed by atoms with E-state index in [1.807, 2.05) is 48.5 Å². The number of aliphatic carboxylic acids is 1. The lowest BCUT2D eigenvalue weighted by molar-refractivity contribution is -0.139. The Morgan fingerprint density at radius 2 is 1.70 bits per heavy atom. The smallest absolute Gasteiger partial charge is 0.326 e. The molecule has 0 saturated heterocycles. The van der Waals surface area contributed by atoms with Crippen LogP contribution in [0.4, 0.5) is 17.3 Å². The third kappa shape index (κ3) is 9.91. The fourth-order valence-electron chi connectivity index (χ4n) is 5.74. The predicted molar refractivity (Wildman–Crippen MR) is 205 cm³/mol. The zero-order chi connectivity index (χ0) is 38.6. The molecule has 2 heterocycles. The average molecular weight is 732 g/mol. The van der Waals surface area contributed by atoms with Crippen LogP contribution in [0.5, 0.6) is 0 Å². The van der Waals surface area contributed by atoms with Gasteiger partial charge in [-0.15, -0.1) is 0 Å². The maximum Gasteiger partial charge on any atom is 0.326 e. The van der Waals surface area contributed by atoms with Gasteiger partial charge in [0.15, 0.2) is 11.2 Å². The quantitative estimate of drug-likeness (QED) is 0.0806. The summed E-state index contributed by atoms with van der Waals surface area (Å²) >= 11 is 0. The number of para-hydroxylation sites is 1. The molecule has 0 aliphatic heterocycles. The third-order valence-electron chi connectivity index (χ3n) is 8.61. The third-order valence-corrected chi connectivity index (χ3v) is 8.61. The Kier molecular flexibility index (Phi) is 12.8. The summed E-state index contributed by atoms with van der Waals surface area (Å²) in [4.78, 5) is 79.7. The van der Waals surface area contributed by atoms with Crippen molar-refractivity contribution in [2.45, 2.75) is 51.7 Å². The summed E-state index contributed by atoms with van der Waals surface area (Å²) in [6, 6.07) is 20.4. The standard InChI is InChI=1S/C39H41N9O6/c1-3-24-9-5-6-11-27(24)23-48(31-12-8-7-10-25(31)4-2)33(50)19-20-41-32(49)18-17-30(38(53)54)45-36(51)26-13-15-28(16-14-26)42-21-29-22-43-35-34(44-29)37(52)47-39(40)46-35/h4-16,22,30,42H,2-3,17-21,23H2,1H3,(H,41,49)(H,45,51)(H,53,54)(H3,40,43,46,47,52)/t30-/m0/s1. The van der Waals surface area contributed by atoms with Gasteiger partial charge >= 0.3 is 5.97 Å². The van der Waals surface area contributed by atoms with Crippen molar-refractivity contribution in [1.82, 2.24) is 30.6 Å². The minimum absolute atomic E-state index is 0.0119.